The van der Waals surface area contributed by atoms with Gasteiger partial charge in [0, 0.05) is 30.4 Å². The zero-order valence-corrected chi connectivity index (χ0v) is 16.2. The Morgan fingerprint density at radius 2 is 1.71 bits per heavy atom. The summed E-state index contributed by atoms with van der Waals surface area (Å²) in [5.74, 6) is -0.00571. The maximum absolute atomic E-state index is 12.4. The second-order valence-electron chi connectivity index (χ2n) is 7.01. The van der Waals surface area contributed by atoms with Crippen LogP contribution < -0.4 is 10.6 Å². The molecule has 3 rings (SSSR count). The highest BCUT2D eigenvalue weighted by Crippen LogP contribution is 2.13. The van der Waals surface area contributed by atoms with Gasteiger partial charge in [-0.2, -0.15) is 0 Å². The molecule has 0 aliphatic carbocycles. The predicted molar refractivity (Wildman–Crippen MR) is 110 cm³/mol. The van der Waals surface area contributed by atoms with Gasteiger partial charge in [-0.3, -0.25) is 4.79 Å². The number of benzene rings is 2. The standard InChI is InChI=1S/C22H27N3O3/c1-17(7-8-18-5-3-2-4-6-18)23-22(27)24-20-11-9-19(10-12-20)21(26)25-13-15-28-16-14-25/h2-6,9-12,17H,7-8,13-16H2,1H3,(H2,23,24,27). The molecule has 0 radical (unpaired) electrons. The Hall–Kier alpha value is -2.86. The van der Waals surface area contributed by atoms with Crippen molar-refractivity contribution < 1.29 is 14.3 Å². The van der Waals surface area contributed by atoms with E-state index in [1.807, 2.05) is 25.1 Å². The van der Waals surface area contributed by atoms with Crippen LogP contribution in [0.2, 0.25) is 0 Å². The van der Waals surface area contributed by atoms with Crippen molar-refractivity contribution in [2.45, 2.75) is 25.8 Å². The number of ether oxygens (including phenoxy) is 1. The van der Waals surface area contributed by atoms with E-state index >= 15 is 0 Å². The van der Waals surface area contributed by atoms with E-state index in [1.165, 1.54) is 5.56 Å². The number of rotatable bonds is 6. The SMILES string of the molecule is CC(CCc1ccccc1)NC(=O)Nc1ccc(C(=O)N2CCOCC2)cc1. The Morgan fingerprint density at radius 1 is 1.04 bits per heavy atom. The average molecular weight is 381 g/mol. The minimum atomic E-state index is -0.243. The molecule has 1 aliphatic rings. The van der Waals surface area contributed by atoms with E-state index in [-0.39, 0.29) is 18.0 Å². The lowest BCUT2D eigenvalue weighted by molar-refractivity contribution is 0.0303. The number of hydrogen-bond donors (Lipinski definition) is 2. The van der Waals surface area contributed by atoms with Crippen molar-refractivity contribution in [3.8, 4) is 0 Å². The summed E-state index contributed by atoms with van der Waals surface area (Å²) in [5, 5.41) is 5.77. The van der Waals surface area contributed by atoms with Gasteiger partial charge in [-0.25, -0.2) is 4.79 Å². The maximum Gasteiger partial charge on any atom is 0.319 e. The fourth-order valence-electron chi connectivity index (χ4n) is 3.14. The molecule has 6 nitrogen and oxygen atoms in total. The van der Waals surface area contributed by atoms with E-state index in [0.29, 0.717) is 37.6 Å². The van der Waals surface area contributed by atoms with Crippen LogP contribution in [-0.4, -0.2) is 49.2 Å². The highest BCUT2D eigenvalue weighted by atomic mass is 16.5. The normalized spacial score (nSPS) is 15.0. The minimum absolute atomic E-state index is 0.00571. The molecule has 2 aromatic rings. The molecule has 2 N–H and O–H groups in total. The van der Waals surface area contributed by atoms with Crippen molar-refractivity contribution in [1.29, 1.82) is 0 Å². The van der Waals surface area contributed by atoms with Crippen molar-refractivity contribution >= 4 is 17.6 Å². The number of urea groups is 1. The molecular formula is C22H27N3O3. The van der Waals surface area contributed by atoms with Gasteiger partial charge in [0.25, 0.3) is 5.91 Å². The number of amides is 3. The first-order valence-corrected chi connectivity index (χ1v) is 9.70. The quantitative estimate of drug-likeness (QED) is 0.807. The largest absolute Gasteiger partial charge is 0.378 e. The first kappa shape index (κ1) is 19.9. The van der Waals surface area contributed by atoms with Gasteiger partial charge in [-0.05, 0) is 49.6 Å². The molecule has 2 aromatic carbocycles. The fraction of sp³-hybridized carbons (Fsp3) is 0.364. The summed E-state index contributed by atoms with van der Waals surface area (Å²) in [5.41, 5.74) is 2.53. The highest BCUT2D eigenvalue weighted by molar-refractivity contribution is 5.95. The third-order valence-corrected chi connectivity index (χ3v) is 4.77. The van der Waals surface area contributed by atoms with Gasteiger partial charge in [0.05, 0.1) is 13.2 Å². The predicted octanol–water partition coefficient (Wildman–Crippen LogP) is 3.30. The summed E-state index contributed by atoms with van der Waals surface area (Å²) in [6, 6.07) is 17.0. The van der Waals surface area contributed by atoms with E-state index in [9.17, 15) is 9.59 Å². The van der Waals surface area contributed by atoms with Gasteiger partial charge in [-0.15, -0.1) is 0 Å². The first-order valence-electron chi connectivity index (χ1n) is 9.70. The smallest absolute Gasteiger partial charge is 0.319 e. The summed E-state index contributed by atoms with van der Waals surface area (Å²) in [6.45, 7) is 4.37. The van der Waals surface area contributed by atoms with Crippen LogP contribution in [0.15, 0.2) is 54.6 Å². The number of carbonyl (C=O) groups is 2. The van der Waals surface area contributed by atoms with Gasteiger partial charge in [0.2, 0.25) is 0 Å². The van der Waals surface area contributed by atoms with Crippen LogP contribution in [0.1, 0.15) is 29.3 Å². The van der Waals surface area contributed by atoms with Crippen molar-refractivity contribution in [2.24, 2.45) is 0 Å². The van der Waals surface area contributed by atoms with Gasteiger partial charge < -0.3 is 20.3 Å². The van der Waals surface area contributed by atoms with Crippen LogP contribution in [0, 0.1) is 0 Å². The molecule has 3 amide bonds. The van der Waals surface area contributed by atoms with E-state index in [2.05, 4.69) is 22.8 Å². The fourth-order valence-corrected chi connectivity index (χ4v) is 3.14. The number of anilines is 1. The van der Waals surface area contributed by atoms with Crippen LogP contribution in [0.3, 0.4) is 0 Å². The monoisotopic (exact) mass is 381 g/mol. The molecule has 0 bridgehead atoms. The van der Waals surface area contributed by atoms with Crippen LogP contribution in [0.25, 0.3) is 0 Å². The first-order chi connectivity index (χ1) is 13.6. The van der Waals surface area contributed by atoms with E-state index in [0.717, 1.165) is 12.8 Å². The molecule has 0 spiro atoms. The summed E-state index contributed by atoms with van der Waals surface area (Å²) in [4.78, 5) is 26.4. The van der Waals surface area contributed by atoms with Crippen molar-refractivity contribution in [1.82, 2.24) is 10.2 Å². The number of carbonyl (C=O) groups excluding carboxylic acids is 2. The van der Waals surface area contributed by atoms with E-state index in [1.54, 1.807) is 29.2 Å². The van der Waals surface area contributed by atoms with Crippen LogP contribution in [0.5, 0.6) is 0 Å². The molecule has 0 aromatic heterocycles. The molecule has 28 heavy (non-hydrogen) atoms. The van der Waals surface area contributed by atoms with Crippen LogP contribution in [-0.2, 0) is 11.2 Å². The molecule has 1 unspecified atom stereocenters. The zero-order valence-electron chi connectivity index (χ0n) is 16.2. The summed E-state index contributed by atoms with van der Waals surface area (Å²) in [7, 11) is 0. The summed E-state index contributed by atoms with van der Waals surface area (Å²) in [6.07, 6.45) is 1.78. The second-order valence-corrected chi connectivity index (χ2v) is 7.01. The van der Waals surface area contributed by atoms with Crippen molar-refractivity contribution in [3.63, 3.8) is 0 Å². The van der Waals surface area contributed by atoms with E-state index < -0.39 is 0 Å². The lowest BCUT2D eigenvalue weighted by Gasteiger charge is -2.26. The third kappa shape index (κ3) is 5.82. The highest BCUT2D eigenvalue weighted by Gasteiger charge is 2.18. The molecule has 0 saturated carbocycles. The molecule has 6 heteroatoms. The Bertz CT molecular complexity index is 771. The number of nitrogens with zero attached hydrogens (tertiary/aromatic N) is 1. The van der Waals surface area contributed by atoms with Crippen molar-refractivity contribution in [2.75, 3.05) is 31.6 Å². The maximum atomic E-state index is 12.4. The van der Waals surface area contributed by atoms with Gasteiger partial charge >= 0.3 is 6.03 Å². The van der Waals surface area contributed by atoms with E-state index in [4.69, 9.17) is 4.74 Å². The lowest BCUT2D eigenvalue weighted by atomic mass is 10.1. The molecular weight excluding hydrogens is 354 g/mol. The molecule has 148 valence electrons. The lowest BCUT2D eigenvalue weighted by Crippen LogP contribution is -2.40. The van der Waals surface area contributed by atoms with Gasteiger partial charge in [-0.1, -0.05) is 30.3 Å². The molecule has 1 heterocycles. The molecule has 1 atom stereocenters. The van der Waals surface area contributed by atoms with Crippen LogP contribution in [0.4, 0.5) is 10.5 Å². The second kappa shape index (κ2) is 9.90. The zero-order chi connectivity index (χ0) is 19.8. The number of nitrogens with one attached hydrogen (secondary N) is 2. The molecule has 1 saturated heterocycles. The Labute approximate surface area is 165 Å². The van der Waals surface area contributed by atoms with Gasteiger partial charge in [0.1, 0.15) is 0 Å². The Balaban J connectivity index is 1.45. The topological polar surface area (TPSA) is 70.7 Å². The van der Waals surface area contributed by atoms with Gasteiger partial charge in [0.15, 0.2) is 0 Å². The van der Waals surface area contributed by atoms with Crippen LogP contribution >= 0.6 is 0 Å². The molecule has 1 aliphatic heterocycles. The Kier molecular flexibility index (Phi) is 7.03. The number of morpholine rings is 1. The molecule has 1 fully saturated rings. The minimum Gasteiger partial charge on any atom is -0.378 e. The van der Waals surface area contributed by atoms with Crippen molar-refractivity contribution in [3.05, 3.63) is 65.7 Å². The number of aryl methyl sites for hydroxylation is 1. The Morgan fingerprint density at radius 3 is 2.39 bits per heavy atom. The summed E-state index contributed by atoms with van der Waals surface area (Å²) < 4.78 is 5.27. The number of hydrogen-bond acceptors (Lipinski definition) is 3. The summed E-state index contributed by atoms with van der Waals surface area (Å²) >= 11 is 0. The third-order valence-electron chi connectivity index (χ3n) is 4.77. The average Bonchev–Trinajstić information content (AvgIpc) is 2.73.